The minimum absolute atomic E-state index is 0.0675. The fourth-order valence-electron chi connectivity index (χ4n) is 3.23. The standard InChI is InChI=1S/C27H27NO5/c1-19-8-6-9-20(2)27(19)33-23-16-14-22(15-17-23)28-25(30)12-7-13-26(31)32-18-24(29)21-10-4-3-5-11-21/h3-6,8-11,14-17H,7,12-13,18H2,1-2H3,(H,28,30). The predicted molar refractivity (Wildman–Crippen MR) is 127 cm³/mol. The maximum absolute atomic E-state index is 12.2. The predicted octanol–water partition coefficient (Wildman–Crippen LogP) is 5.63. The van der Waals surface area contributed by atoms with Crippen molar-refractivity contribution in [3.63, 3.8) is 0 Å². The molecule has 3 aromatic rings. The number of carbonyl (C=O) groups excluding carboxylic acids is 3. The van der Waals surface area contributed by atoms with E-state index >= 15 is 0 Å². The van der Waals surface area contributed by atoms with Gasteiger partial charge in [-0.05, 0) is 55.7 Å². The first-order valence-electron chi connectivity index (χ1n) is 10.8. The molecule has 33 heavy (non-hydrogen) atoms. The number of rotatable bonds is 10. The van der Waals surface area contributed by atoms with E-state index in [9.17, 15) is 14.4 Å². The fraction of sp³-hybridized carbons (Fsp3) is 0.222. The van der Waals surface area contributed by atoms with E-state index in [1.807, 2.05) is 38.1 Å². The molecule has 6 nitrogen and oxygen atoms in total. The number of esters is 1. The van der Waals surface area contributed by atoms with Crippen molar-refractivity contribution in [3.8, 4) is 11.5 Å². The molecule has 0 heterocycles. The second-order valence-corrected chi connectivity index (χ2v) is 7.70. The molecule has 0 bridgehead atoms. The van der Waals surface area contributed by atoms with Crippen LogP contribution in [0.4, 0.5) is 5.69 Å². The quantitative estimate of drug-likeness (QED) is 0.323. The van der Waals surface area contributed by atoms with Crippen LogP contribution in [-0.4, -0.2) is 24.3 Å². The van der Waals surface area contributed by atoms with Gasteiger partial charge in [0, 0.05) is 24.1 Å². The third kappa shape index (κ3) is 7.31. The van der Waals surface area contributed by atoms with Crippen molar-refractivity contribution in [1.29, 1.82) is 0 Å². The summed E-state index contributed by atoms with van der Waals surface area (Å²) in [6.07, 6.45) is 0.568. The Morgan fingerprint density at radius 2 is 1.45 bits per heavy atom. The molecule has 0 atom stereocenters. The Morgan fingerprint density at radius 3 is 2.12 bits per heavy atom. The van der Waals surface area contributed by atoms with Crippen LogP contribution in [0.25, 0.3) is 0 Å². The summed E-state index contributed by atoms with van der Waals surface area (Å²) in [5, 5.41) is 2.80. The zero-order chi connectivity index (χ0) is 23.6. The number of aryl methyl sites for hydroxylation is 2. The Kier molecular flexibility index (Phi) is 8.36. The highest BCUT2D eigenvalue weighted by Gasteiger charge is 2.11. The maximum Gasteiger partial charge on any atom is 0.306 e. The average molecular weight is 446 g/mol. The first-order chi connectivity index (χ1) is 15.9. The third-order valence-electron chi connectivity index (χ3n) is 5.01. The van der Waals surface area contributed by atoms with Crippen LogP contribution in [0.3, 0.4) is 0 Å². The van der Waals surface area contributed by atoms with Gasteiger partial charge in [-0.3, -0.25) is 14.4 Å². The number of ketones is 1. The molecule has 0 aliphatic rings. The second-order valence-electron chi connectivity index (χ2n) is 7.70. The Bertz CT molecular complexity index is 1090. The van der Waals surface area contributed by atoms with Gasteiger partial charge in [-0.15, -0.1) is 0 Å². The van der Waals surface area contributed by atoms with Crippen molar-refractivity contribution < 1.29 is 23.9 Å². The number of ether oxygens (including phenoxy) is 2. The lowest BCUT2D eigenvalue weighted by Gasteiger charge is -2.12. The number of Topliss-reactive ketones (excluding diaryl/α,β-unsaturated/α-hetero) is 1. The maximum atomic E-state index is 12.2. The molecule has 1 amide bonds. The summed E-state index contributed by atoms with van der Waals surface area (Å²) in [5.74, 6) is 0.545. The van der Waals surface area contributed by atoms with Gasteiger partial charge in [0.25, 0.3) is 0 Å². The van der Waals surface area contributed by atoms with Crippen LogP contribution >= 0.6 is 0 Å². The van der Waals surface area contributed by atoms with E-state index in [2.05, 4.69) is 5.32 Å². The van der Waals surface area contributed by atoms with E-state index in [0.717, 1.165) is 16.9 Å². The first-order valence-corrected chi connectivity index (χ1v) is 10.8. The van der Waals surface area contributed by atoms with Gasteiger partial charge in [0.2, 0.25) is 5.91 Å². The monoisotopic (exact) mass is 445 g/mol. The molecule has 0 unspecified atom stereocenters. The van der Waals surface area contributed by atoms with E-state index < -0.39 is 5.97 Å². The van der Waals surface area contributed by atoms with E-state index in [1.54, 1.807) is 48.5 Å². The lowest BCUT2D eigenvalue weighted by Crippen LogP contribution is -2.15. The molecule has 0 aliphatic carbocycles. The Morgan fingerprint density at radius 1 is 0.788 bits per heavy atom. The molecule has 170 valence electrons. The van der Waals surface area contributed by atoms with Gasteiger partial charge in [-0.1, -0.05) is 48.5 Å². The highest BCUT2D eigenvalue weighted by molar-refractivity contribution is 5.97. The number of anilines is 1. The van der Waals surface area contributed by atoms with Crippen molar-refractivity contribution in [3.05, 3.63) is 89.5 Å². The smallest absolute Gasteiger partial charge is 0.306 e. The van der Waals surface area contributed by atoms with Crippen LogP contribution in [0.1, 0.15) is 40.7 Å². The first kappa shape index (κ1) is 23.7. The molecule has 0 saturated heterocycles. The van der Waals surface area contributed by atoms with Crippen LogP contribution in [0.2, 0.25) is 0 Å². The van der Waals surface area contributed by atoms with Crippen LogP contribution in [0.5, 0.6) is 11.5 Å². The van der Waals surface area contributed by atoms with Gasteiger partial charge in [0.1, 0.15) is 11.5 Å². The molecule has 0 radical (unpaired) electrons. The molecule has 0 saturated carbocycles. The molecular weight excluding hydrogens is 418 g/mol. The molecular formula is C27H27NO5. The number of para-hydroxylation sites is 1. The summed E-state index contributed by atoms with van der Waals surface area (Å²) in [7, 11) is 0. The van der Waals surface area contributed by atoms with Gasteiger partial charge in [0.05, 0.1) is 0 Å². The van der Waals surface area contributed by atoms with Crippen LogP contribution in [-0.2, 0) is 14.3 Å². The summed E-state index contributed by atoms with van der Waals surface area (Å²) >= 11 is 0. The molecule has 0 aliphatic heterocycles. The van der Waals surface area contributed by atoms with E-state index in [0.29, 0.717) is 23.4 Å². The SMILES string of the molecule is Cc1cccc(C)c1Oc1ccc(NC(=O)CCCC(=O)OCC(=O)c2ccccc2)cc1. The highest BCUT2D eigenvalue weighted by Crippen LogP contribution is 2.29. The van der Waals surface area contributed by atoms with E-state index in [4.69, 9.17) is 9.47 Å². The molecule has 3 aromatic carbocycles. The molecule has 6 heteroatoms. The zero-order valence-electron chi connectivity index (χ0n) is 18.8. The normalized spacial score (nSPS) is 10.4. The molecule has 3 rings (SSSR count). The van der Waals surface area contributed by atoms with Crippen molar-refractivity contribution in [2.45, 2.75) is 33.1 Å². The summed E-state index contributed by atoms with van der Waals surface area (Å²) in [5.41, 5.74) is 3.24. The number of hydrogen-bond donors (Lipinski definition) is 1. The van der Waals surface area contributed by atoms with Crippen molar-refractivity contribution in [2.24, 2.45) is 0 Å². The van der Waals surface area contributed by atoms with Crippen LogP contribution in [0.15, 0.2) is 72.8 Å². The molecule has 1 N–H and O–H groups in total. The van der Waals surface area contributed by atoms with Crippen molar-refractivity contribution in [2.75, 3.05) is 11.9 Å². The summed E-state index contributed by atoms with van der Waals surface area (Å²) < 4.78 is 11.0. The van der Waals surface area contributed by atoms with Crippen LogP contribution in [0, 0.1) is 13.8 Å². The van der Waals surface area contributed by atoms with Gasteiger partial charge in [-0.2, -0.15) is 0 Å². The largest absolute Gasteiger partial charge is 0.457 e. The van der Waals surface area contributed by atoms with Gasteiger partial charge in [0.15, 0.2) is 12.4 Å². The van der Waals surface area contributed by atoms with Gasteiger partial charge < -0.3 is 14.8 Å². The lowest BCUT2D eigenvalue weighted by atomic mass is 10.1. The third-order valence-corrected chi connectivity index (χ3v) is 5.01. The number of benzene rings is 3. The Labute approximate surface area is 193 Å². The average Bonchev–Trinajstić information content (AvgIpc) is 2.81. The zero-order valence-corrected chi connectivity index (χ0v) is 18.8. The van der Waals surface area contributed by atoms with Crippen LogP contribution < -0.4 is 10.1 Å². The molecule has 0 aromatic heterocycles. The van der Waals surface area contributed by atoms with Gasteiger partial charge >= 0.3 is 5.97 Å². The number of amides is 1. The number of hydrogen-bond acceptors (Lipinski definition) is 5. The van der Waals surface area contributed by atoms with Crippen molar-refractivity contribution in [1.82, 2.24) is 0 Å². The highest BCUT2D eigenvalue weighted by atomic mass is 16.5. The summed E-state index contributed by atoms with van der Waals surface area (Å²) in [4.78, 5) is 35.9. The fourth-order valence-corrected chi connectivity index (χ4v) is 3.23. The van der Waals surface area contributed by atoms with Gasteiger partial charge in [-0.25, -0.2) is 0 Å². The number of nitrogens with one attached hydrogen (secondary N) is 1. The molecule has 0 fully saturated rings. The Hall–Kier alpha value is -3.93. The lowest BCUT2D eigenvalue weighted by molar-refractivity contribution is -0.142. The van der Waals surface area contributed by atoms with E-state index in [1.165, 1.54) is 0 Å². The van der Waals surface area contributed by atoms with E-state index in [-0.39, 0.29) is 31.1 Å². The number of carbonyl (C=O) groups is 3. The molecule has 0 spiro atoms. The minimum atomic E-state index is -0.500. The second kappa shape index (κ2) is 11.6. The summed E-state index contributed by atoms with van der Waals surface area (Å²) in [6, 6.07) is 21.7. The minimum Gasteiger partial charge on any atom is -0.457 e. The Balaban J connectivity index is 1.38. The van der Waals surface area contributed by atoms with Crippen molar-refractivity contribution >= 4 is 23.3 Å². The topological polar surface area (TPSA) is 81.7 Å². The summed E-state index contributed by atoms with van der Waals surface area (Å²) in [6.45, 7) is 3.69.